The number of rotatable bonds is 9. The second kappa shape index (κ2) is 10.6. The molecular formula is C16H19NO8. The van der Waals surface area contributed by atoms with Gasteiger partial charge in [-0.1, -0.05) is 18.2 Å². The second-order valence-electron chi connectivity index (χ2n) is 4.73. The van der Waals surface area contributed by atoms with Gasteiger partial charge in [-0.15, -0.1) is 0 Å². The first-order valence-corrected chi connectivity index (χ1v) is 7.26. The predicted octanol–water partition coefficient (Wildman–Crippen LogP) is 0.621. The Bertz CT molecular complexity index is 567. The molecule has 136 valence electrons. The van der Waals surface area contributed by atoms with Gasteiger partial charge in [0.25, 0.3) is 0 Å². The number of nitrogens with zero attached hydrogens (tertiary/aromatic N) is 1. The molecule has 0 aliphatic rings. The van der Waals surface area contributed by atoms with Crippen LogP contribution in [-0.2, 0) is 38.1 Å². The molecule has 0 unspecified atom stereocenters. The fourth-order valence-electron chi connectivity index (χ4n) is 1.64. The molecule has 0 N–H and O–H groups in total. The van der Waals surface area contributed by atoms with Crippen molar-refractivity contribution >= 4 is 29.6 Å². The van der Waals surface area contributed by atoms with Crippen LogP contribution >= 0.6 is 0 Å². The van der Waals surface area contributed by atoms with Crippen LogP contribution < -0.4 is 4.90 Å². The fourth-order valence-corrected chi connectivity index (χ4v) is 1.64. The van der Waals surface area contributed by atoms with Gasteiger partial charge in [0.05, 0.1) is 0 Å². The monoisotopic (exact) mass is 353 g/mol. The second-order valence-corrected chi connectivity index (χ2v) is 4.73. The summed E-state index contributed by atoms with van der Waals surface area (Å²) in [4.78, 5) is 46.3. The van der Waals surface area contributed by atoms with E-state index >= 15 is 0 Å². The van der Waals surface area contributed by atoms with Gasteiger partial charge in [-0.25, -0.2) is 0 Å². The summed E-state index contributed by atoms with van der Waals surface area (Å²) >= 11 is 0. The molecule has 9 nitrogen and oxygen atoms in total. The molecule has 0 aliphatic heterocycles. The third-order valence-electron chi connectivity index (χ3n) is 2.73. The maximum atomic E-state index is 11.8. The van der Waals surface area contributed by atoms with Crippen LogP contribution in [0.1, 0.15) is 13.8 Å². The van der Waals surface area contributed by atoms with Gasteiger partial charge in [-0.2, -0.15) is 0 Å². The molecule has 9 heteroatoms. The van der Waals surface area contributed by atoms with Crippen molar-refractivity contribution in [2.24, 2.45) is 0 Å². The zero-order chi connectivity index (χ0) is 18.7. The number of hydrogen-bond acceptors (Lipinski definition) is 9. The Labute approximate surface area is 144 Å². The normalized spacial score (nSPS) is 9.68. The Balaban J connectivity index is 2.61. The Morgan fingerprint density at radius 2 is 1.20 bits per heavy atom. The Hall–Kier alpha value is -3.10. The first-order valence-electron chi connectivity index (χ1n) is 7.26. The molecule has 0 saturated heterocycles. The molecule has 0 aromatic heterocycles. The molecule has 0 amide bonds. The molecule has 0 fully saturated rings. The Morgan fingerprint density at radius 3 is 1.60 bits per heavy atom. The summed E-state index contributed by atoms with van der Waals surface area (Å²) in [5.74, 6) is -2.56. The third-order valence-corrected chi connectivity index (χ3v) is 2.73. The van der Waals surface area contributed by atoms with E-state index < -0.39 is 37.5 Å². The van der Waals surface area contributed by atoms with Gasteiger partial charge in [0, 0.05) is 19.5 Å². The lowest BCUT2D eigenvalue weighted by atomic mass is 10.3. The quantitative estimate of drug-likeness (QED) is 0.466. The molecule has 0 radical (unpaired) electrons. The number of esters is 4. The fraction of sp³-hybridized carbons (Fsp3) is 0.375. The summed E-state index contributed by atoms with van der Waals surface area (Å²) in [5, 5.41) is 0. The summed E-state index contributed by atoms with van der Waals surface area (Å²) in [7, 11) is 0. The van der Waals surface area contributed by atoms with Crippen molar-refractivity contribution in [2.45, 2.75) is 13.8 Å². The van der Waals surface area contributed by atoms with Crippen molar-refractivity contribution in [3.8, 4) is 0 Å². The molecule has 0 bridgehead atoms. The molecule has 0 heterocycles. The van der Waals surface area contributed by atoms with Crippen LogP contribution in [-0.4, -0.2) is 50.6 Å². The SMILES string of the molecule is CC(=O)OCOC(=O)CN(CC(=O)OCOC(C)=O)c1ccccc1. The first-order chi connectivity index (χ1) is 11.9. The molecule has 1 rings (SSSR count). The van der Waals surface area contributed by atoms with Gasteiger partial charge in [0.1, 0.15) is 13.1 Å². The summed E-state index contributed by atoms with van der Waals surface area (Å²) in [5.41, 5.74) is 0.580. The van der Waals surface area contributed by atoms with Gasteiger partial charge in [-0.05, 0) is 12.1 Å². The van der Waals surface area contributed by atoms with Crippen molar-refractivity contribution in [2.75, 3.05) is 31.6 Å². The minimum absolute atomic E-state index is 0.270. The van der Waals surface area contributed by atoms with Crippen LogP contribution in [0.15, 0.2) is 30.3 Å². The lowest BCUT2D eigenvalue weighted by Gasteiger charge is -2.22. The Kier molecular flexibility index (Phi) is 8.48. The summed E-state index contributed by atoms with van der Waals surface area (Å²) in [6.07, 6.45) is 0. The minimum Gasteiger partial charge on any atom is -0.428 e. The van der Waals surface area contributed by atoms with Crippen molar-refractivity contribution in [1.29, 1.82) is 0 Å². The van der Waals surface area contributed by atoms with Gasteiger partial charge in [-0.3, -0.25) is 19.2 Å². The minimum atomic E-state index is -0.696. The summed E-state index contributed by atoms with van der Waals surface area (Å²) in [6.45, 7) is 0.815. The summed E-state index contributed by atoms with van der Waals surface area (Å²) < 4.78 is 18.5. The van der Waals surface area contributed by atoms with Crippen molar-refractivity contribution in [1.82, 2.24) is 0 Å². The topological polar surface area (TPSA) is 108 Å². The van der Waals surface area contributed by atoms with Crippen LogP contribution in [0.5, 0.6) is 0 Å². The molecule has 0 spiro atoms. The van der Waals surface area contributed by atoms with Crippen LogP contribution in [0, 0.1) is 0 Å². The van der Waals surface area contributed by atoms with E-state index in [1.807, 2.05) is 0 Å². The molecule has 0 atom stereocenters. The highest BCUT2D eigenvalue weighted by atomic mass is 16.7. The number of benzene rings is 1. The third kappa shape index (κ3) is 8.94. The van der Waals surface area contributed by atoms with E-state index in [9.17, 15) is 19.2 Å². The van der Waals surface area contributed by atoms with Crippen molar-refractivity contribution in [3.63, 3.8) is 0 Å². The maximum absolute atomic E-state index is 11.8. The highest BCUT2D eigenvalue weighted by Gasteiger charge is 2.17. The van der Waals surface area contributed by atoms with E-state index in [0.29, 0.717) is 5.69 Å². The van der Waals surface area contributed by atoms with Crippen LogP contribution in [0.25, 0.3) is 0 Å². The van der Waals surface area contributed by atoms with E-state index in [2.05, 4.69) is 9.47 Å². The molecule has 25 heavy (non-hydrogen) atoms. The maximum Gasteiger partial charge on any atom is 0.328 e. The van der Waals surface area contributed by atoms with E-state index in [1.54, 1.807) is 30.3 Å². The lowest BCUT2D eigenvalue weighted by Crippen LogP contribution is -2.36. The smallest absolute Gasteiger partial charge is 0.328 e. The van der Waals surface area contributed by atoms with Crippen molar-refractivity contribution < 1.29 is 38.1 Å². The number of para-hydroxylation sites is 1. The van der Waals surface area contributed by atoms with E-state index in [1.165, 1.54) is 18.7 Å². The van der Waals surface area contributed by atoms with Crippen molar-refractivity contribution in [3.05, 3.63) is 30.3 Å². The van der Waals surface area contributed by atoms with Crippen LogP contribution in [0.4, 0.5) is 5.69 Å². The van der Waals surface area contributed by atoms with E-state index in [-0.39, 0.29) is 13.1 Å². The largest absolute Gasteiger partial charge is 0.428 e. The summed E-state index contributed by atoms with van der Waals surface area (Å²) in [6, 6.07) is 8.63. The Morgan fingerprint density at radius 1 is 0.760 bits per heavy atom. The van der Waals surface area contributed by atoms with E-state index in [4.69, 9.17) is 9.47 Å². The standard InChI is InChI=1S/C16H19NO8/c1-12(18)22-10-24-15(20)8-17(14-6-4-3-5-7-14)9-16(21)25-11-23-13(2)19/h3-7H,8-11H2,1-2H3. The molecule has 0 aliphatic carbocycles. The zero-order valence-electron chi connectivity index (χ0n) is 13.9. The molecule has 1 aromatic rings. The van der Waals surface area contributed by atoms with Crippen LogP contribution in [0.3, 0.4) is 0 Å². The highest BCUT2D eigenvalue weighted by molar-refractivity contribution is 5.81. The van der Waals surface area contributed by atoms with Gasteiger partial charge >= 0.3 is 23.9 Å². The van der Waals surface area contributed by atoms with Crippen LogP contribution in [0.2, 0.25) is 0 Å². The average Bonchev–Trinajstić information content (AvgIpc) is 2.54. The van der Waals surface area contributed by atoms with Gasteiger partial charge in [0.2, 0.25) is 13.6 Å². The number of ether oxygens (including phenoxy) is 4. The van der Waals surface area contributed by atoms with Gasteiger partial charge in [0.15, 0.2) is 0 Å². The molecule has 1 aromatic carbocycles. The highest BCUT2D eigenvalue weighted by Crippen LogP contribution is 2.13. The number of carbonyl (C=O) groups excluding carboxylic acids is 4. The zero-order valence-corrected chi connectivity index (χ0v) is 13.9. The number of carbonyl (C=O) groups is 4. The molecule has 0 saturated carbocycles. The molecular weight excluding hydrogens is 334 g/mol. The van der Waals surface area contributed by atoms with Gasteiger partial charge < -0.3 is 23.8 Å². The lowest BCUT2D eigenvalue weighted by molar-refractivity contribution is -0.165. The van der Waals surface area contributed by atoms with E-state index in [0.717, 1.165) is 0 Å². The number of hydrogen-bond donors (Lipinski definition) is 0. The number of anilines is 1. The average molecular weight is 353 g/mol. The predicted molar refractivity (Wildman–Crippen MR) is 84.1 cm³/mol. The first kappa shape index (κ1) is 19.9.